The Morgan fingerprint density at radius 2 is 1.82 bits per heavy atom. The molecule has 2 aliphatic rings. The molecule has 2 N–H and O–H groups in total. The van der Waals surface area contributed by atoms with E-state index >= 15 is 0 Å². The Morgan fingerprint density at radius 1 is 1.03 bits per heavy atom. The zero-order valence-electron chi connectivity index (χ0n) is 18.4. The molecular weight excluding hydrogens is 460 g/mol. The molecule has 178 valence electrons. The molecule has 0 radical (unpaired) electrons. The number of fused-ring (bicyclic) bond motifs is 1. The van der Waals surface area contributed by atoms with Gasteiger partial charge in [-0.2, -0.15) is 0 Å². The Bertz CT molecular complexity index is 1150. The van der Waals surface area contributed by atoms with E-state index in [2.05, 4.69) is 4.90 Å². The van der Waals surface area contributed by atoms with Crippen LogP contribution in [-0.2, 0) is 0 Å². The van der Waals surface area contributed by atoms with E-state index in [0.29, 0.717) is 12.4 Å². The van der Waals surface area contributed by atoms with Gasteiger partial charge in [-0.15, -0.1) is 11.8 Å². The largest absolute Gasteiger partial charge is 0.508 e. The van der Waals surface area contributed by atoms with Crippen molar-refractivity contribution in [1.29, 1.82) is 0 Å². The van der Waals surface area contributed by atoms with Gasteiger partial charge >= 0.3 is 0 Å². The Balaban J connectivity index is 1.34. The molecule has 1 fully saturated rings. The van der Waals surface area contributed by atoms with Gasteiger partial charge in [0.1, 0.15) is 30.0 Å². The lowest BCUT2D eigenvalue weighted by molar-refractivity contribution is 0.0668. The Kier molecular flexibility index (Phi) is 6.52. The first-order valence-electron chi connectivity index (χ1n) is 11.2. The molecule has 0 unspecified atom stereocenters. The van der Waals surface area contributed by atoms with E-state index in [-0.39, 0.29) is 28.5 Å². The molecular formula is C26H25F2NO4S. The SMILES string of the molecule is Oc1cccc([C@H]2Sc3c(ccc(O)c3F)O[C@H]2c2ccc(OCCN3CC(CF)C3)cc2)c1. The van der Waals surface area contributed by atoms with Gasteiger partial charge in [0.25, 0.3) is 0 Å². The highest BCUT2D eigenvalue weighted by Crippen LogP contribution is 2.55. The van der Waals surface area contributed by atoms with E-state index < -0.39 is 17.7 Å². The number of phenolic OH excluding ortho intramolecular Hbond substituents is 2. The number of thioether (sulfide) groups is 1. The highest BCUT2D eigenvalue weighted by molar-refractivity contribution is 7.99. The number of likely N-dealkylation sites (tertiary alicyclic amines) is 1. The van der Waals surface area contributed by atoms with Crippen molar-refractivity contribution in [3.8, 4) is 23.0 Å². The Labute approximate surface area is 200 Å². The normalized spacial score (nSPS) is 20.3. The summed E-state index contributed by atoms with van der Waals surface area (Å²) in [6.45, 7) is 2.59. The topological polar surface area (TPSA) is 62.2 Å². The van der Waals surface area contributed by atoms with Gasteiger partial charge in [0.05, 0.1) is 16.8 Å². The molecule has 2 atom stereocenters. The molecule has 0 amide bonds. The van der Waals surface area contributed by atoms with Gasteiger partial charge in [-0.3, -0.25) is 9.29 Å². The fourth-order valence-electron chi connectivity index (χ4n) is 4.31. The van der Waals surface area contributed by atoms with Crippen LogP contribution in [0.2, 0.25) is 0 Å². The van der Waals surface area contributed by atoms with Gasteiger partial charge in [0.15, 0.2) is 11.6 Å². The van der Waals surface area contributed by atoms with Crippen molar-refractivity contribution in [2.45, 2.75) is 16.2 Å². The molecule has 0 spiro atoms. The number of ether oxygens (including phenoxy) is 2. The van der Waals surface area contributed by atoms with Crippen molar-refractivity contribution in [2.24, 2.45) is 5.92 Å². The minimum absolute atomic E-state index is 0.114. The van der Waals surface area contributed by atoms with E-state index in [1.54, 1.807) is 24.3 Å². The van der Waals surface area contributed by atoms with Gasteiger partial charge in [-0.25, -0.2) is 4.39 Å². The zero-order valence-corrected chi connectivity index (χ0v) is 19.2. The number of halogens is 2. The average Bonchev–Trinajstić information content (AvgIpc) is 2.83. The van der Waals surface area contributed by atoms with Crippen LogP contribution in [0.4, 0.5) is 8.78 Å². The number of rotatable bonds is 7. The summed E-state index contributed by atoms with van der Waals surface area (Å²) < 4.78 is 39.3. The van der Waals surface area contributed by atoms with Crippen LogP contribution in [0.15, 0.2) is 65.6 Å². The predicted octanol–water partition coefficient (Wildman–Crippen LogP) is 5.48. The van der Waals surface area contributed by atoms with Crippen LogP contribution in [0, 0.1) is 11.7 Å². The molecule has 5 rings (SSSR count). The lowest BCUT2D eigenvalue weighted by Gasteiger charge is -2.37. The highest BCUT2D eigenvalue weighted by atomic mass is 32.2. The quantitative estimate of drug-likeness (QED) is 0.462. The average molecular weight is 486 g/mol. The summed E-state index contributed by atoms with van der Waals surface area (Å²) in [6, 6.07) is 17.2. The maximum Gasteiger partial charge on any atom is 0.182 e. The summed E-state index contributed by atoms with van der Waals surface area (Å²) in [6.07, 6.45) is -0.448. The number of aromatic hydroxyl groups is 2. The van der Waals surface area contributed by atoms with Gasteiger partial charge in [0, 0.05) is 25.6 Å². The van der Waals surface area contributed by atoms with Gasteiger partial charge < -0.3 is 19.7 Å². The van der Waals surface area contributed by atoms with Crippen molar-refractivity contribution >= 4 is 11.8 Å². The highest BCUT2D eigenvalue weighted by Gasteiger charge is 2.36. The number of alkyl halides is 1. The number of phenols is 2. The lowest BCUT2D eigenvalue weighted by atomic mass is 9.99. The molecule has 2 heterocycles. The minimum atomic E-state index is -0.713. The monoisotopic (exact) mass is 485 g/mol. The lowest BCUT2D eigenvalue weighted by Crippen LogP contribution is -2.49. The van der Waals surface area contributed by atoms with E-state index in [9.17, 15) is 19.0 Å². The van der Waals surface area contributed by atoms with E-state index in [1.165, 1.54) is 17.8 Å². The molecule has 3 aromatic rings. The predicted molar refractivity (Wildman–Crippen MR) is 126 cm³/mol. The first-order chi connectivity index (χ1) is 16.5. The zero-order chi connectivity index (χ0) is 23.7. The van der Waals surface area contributed by atoms with E-state index in [4.69, 9.17) is 9.47 Å². The molecule has 34 heavy (non-hydrogen) atoms. The van der Waals surface area contributed by atoms with Crippen molar-refractivity contribution < 1.29 is 28.5 Å². The van der Waals surface area contributed by atoms with Crippen molar-refractivity contribution in [2.75, 3.05) is 32.9 Å². The molecule has 0 aromatic heterocycles. The third kappa shape index (κ3) is 4.65. The Hall–Kier alpha value is -2.97. The molecule has 2 aliphatic heterocycles. The van der Waals surface area contributed by atoms with Gasteiger partial charge in [-0.05, 0) is 47.5 Å². The number of hydrogen-bond acceptors (Lipinski definition) is 6. The summed E-state index contributed by atoms with van der Waals surface area (Å²) in [5.74, 6) is 0.221. The number of hydrogen-bond donors (Lipinski definition) is 2. The third-order valence-electron chi connectivity index (χ3n) is 6.15. The summed E-state index contributed by atoms with van der Waals surface area (Å²) in [7, 11) is 0. The van der Waals surface area contributed by atoms with Crippen LogP contribution in [0.1, 0.15) is 22.5 Å². The molecule has 5 nitrogen and oxygen atoms in total. The van der Waals surface area contributed by atoms with Crippen molar-refractivity contribution in [3.05, 3.63) is 77.6 Å². The number of benzene rings is 3. The van der Waals surface area contributed by atoms with Crippen molar-refractivity contribution in [1.82, 2.24) is 4.90 Å². The Morgan fingerprint density at radius 3 is 2.56 bits per heavy atom. The second-order valence-corrected chi connectivity index (χ2v) is 9.75. The summed E-state index contributed by atoms with van der Waals surface area (Å²) >= 11 is 1.26. The number of nitrogens with zero attached hydrogens (tertiary/aromatic N) is 1. The molecule has 0 aliphatic carbocycles. The van der Waals surface area contributed by atoms with Crippen LogP contribution < -0.4 is 9.47 Å². The fourth-order valence-corrected chi connectivity index (χ4v) is 5.62. The minimum Gasteiger partial charge on any atom is -0.508 e. The fraction of sp³-hybridized carbons (Fsp3) is 0.308. The van der Waals surface area contributed by atoms with Crippen LogP contribution in [0.3, 0.4) is 0 Å². The smallest absolute Gasteiger partial charge is 0.182 e. The first-order valence-corrected chi connectivity index (χ1v) is 12.0. The summed E-state index contributed by atoms with van der Waals surface area (Å²) in [4.78, 5) is 2.41. The molecule has 0 bridgehead atoms. The second kappa shape index (κ2) is 9.72. The van der Waals surface area contributed by atoms with Crippen molar-refractivity contribution in [3.63, 3.8) is 0 Å². The van der Waals surface area contributed by atoms with Gasteiger partial charge in [0.2, 0.25) is 0 Å². The summed E-state index contributed by atoms with van der Waals surface area (Å²) in [5, 5.41) is 19.5. The van der Waals surface area contributed by atoms with Crippen LogP contribution >= 0.6 is 11.8 Å². The molecule has 1 saturated heterocycles. The molecule has 3 aromatic carbocycles. The maximum absolute atomic E-state index is 14.6. The summed E-state index contributed by atoms with van der Waals surface area (Å²) in [5.41, 5.74) is 1.66. The van der Waals surface area contributed by atoms with E-state index in [0.717, 1.165) is 36.5 Å². The first kappa shape index (κ1) is 22.8. The molecule has 8 heteroatoms. The van der Waals surface area contributed by atoms with Crippen LogP contribution in [-0.4, -0.2) is 48.0 Å². The maximum atomic E-state index is 14.6. The van der Waals surface area contributed by atoms with Gasteiger partial charge in [-0.1, -0.05) is 24.3 Å². The standard InChI is InChI=1S/C26H25F2NO4S/c27-13-16-14-29(15-16)10-11-32-20-6-4-17(5-7-20)24-25(18-2-1-3-19(30)12-18)34-26-22(33-24)9-8-21(31)23(26)28/h1-9,12,16,24-25,30-31H,10-11,13-15H2/t24-,25+/m0/s1. The van der Waals surface area contributed by atoms with Crippen LogP contribution in [0.5, 0.6) is 23.0 Å². The van der Waals surface area contributed by atoms with Crippen LogP contribution in [0.25, 0.3) is 0 Å². The van der Waals surface area contributed by atoms with E-state index in [1.807, 2.05) is 30.3 Å². The second-order valence-electron chi connectivity index (χ2n) is 8.60. The molecule has 0 saturated carbocycles. The third-order valence-corrected chi connectivity index (χ3v) is 7.54.